The number of nitrogens with zero attached hydrogens (tertiary/aromatic N) is 1. The Balaban J connectivity index is 2.18. The summed E-state index contributed by atoms with van der Waals surface area (Å²) < 4.78 is 25.6. The fourth-order valence-corrected chi connectivity index (χ4v) is 4.27. The Morgan fingerprint density at radius 1 is 1.19 bits per heavy atom. The average Bonchev–Trinajstić information content (AvgIpc) is 2.58. The first kappa shape index (κ1) is 21.3. The van der Waals surface area contributed by atoms with Crippen LogP contribution in [-0.4, -0.2) is 33.4 Å². The first-order chi connectivity index (χ1) is 12.6. The lowest BCUT2D eigenvalue weighted by Crippen LogP contribution is -2.41. The quantitative estimate of drug-likeness (QED) is 0.713. The Labute approximate surface area is 166 Å². The molecule has 0 saturated heterocycles. The van der Waals surface area contributed by atoms with E-state index >= 15 is 0 Å². The molecule has 0 saturated carbocycles. The van der Waals surface area contributed by atoms with Crippen LogP contribution in [0.15, 0.2) is 47.4 Å². The van der Waals surface area contributed by atoms with E-state index in [1.807, 2.05) is 45.2 Å². The van der Waals surface area contributed by atoms with Crippen molar-refractivity contribution in [3.8, 4) is 0 Å². The number of benzene rings is 2. The molecule has 27 heavy (non-hydrogen) atoms. The fraction of sp³-hybridized carbons (Fsp3) is 0.350. The minimum atomic E-state index is -3.59. The molecule has 2 rings (SSSR count). The van der Waals surface area contributed by atoms with E-state index in [9.17, 15) is 13.2 Å². The van der Waals surface area contributed by atoms with Crippen LogP contribution in [0.4, 0.5) is 5.69 Å². The van der Waals surface area contributed by atoms with Gasteiger partial charge in [-0.25, -0.2) is 8.42 Å². The summed E-state index contributed by atoms with van der Waals surface area (Å²) in [5.41, 5.74) is 3.75. The smallest absolute Gasteiger partial charge is 0.241 e. The van der Waals surface area contributed by atoms with Crippen LogP contribution in [0.3, 0.4) is 0 Å². The topological polar surface area (TPSA) is 66.5 Å². The number of anilines is 1. The zero-order valence-electron chi connectivity index (χ0n) is 16.3. The SMILES string of the molecule is CSc1cccc(N(CC(=O)N[C@@H](C)c2ccc(C)cc2C)S(C)(=O)=O)c1. The molecule has 7 heteroatoms. The number of hydrogen-bond acceptors (Lipinski definition) is 4. The highest BCUT2D eigenvalue weighted by molar-refractivity contribution is 7.98. The van der Waals surface area contributed by atoms with E-state index in [2.05, 4.69) is 11.4 Å². The van der Waals surface area contributed by atoms with Gasteiger partial charge in [0.05, 0.1) is 18.0 Å². The van der Waals surface area contributed by atoms with Crippen molar-refractivity contribution in [1.29, 1.82) is 0 Å². The lowest BCUT2D eigenvalue weighted by molar-refractivity contribution is -0.120. The molecule has 0 fully saturated rings. The summed E-state index contributed by atoms with van der Waals surface area (Å²) in [7, 11) is -3.59. The predicted octanol–water partition coefficient (Wildman–Crippen LogP) is 3.67. The number of carbonyl (C=O) groups is 1. The van der Waals surface area contributed by atoms with Crippen LogP contribution in [0.5, 0.6) is 0 Å². The van der Waals surface area contributed by atoms with Crippen LogP contribution in [0, 0.1) is 13.8 Å². The number of amides is 1. The largest absolute Gasteiger partial charge is 0.348 e. The molecule has 2 aromatic carbocycles. The van der Waals surface area contributed by atoms with Gasteiger partial charge in [-0.1, -0.05) is 29.8 Å². The summed E-state index contributed by atoms with van der Waals surface area (Å²) in [6.45, 7) is 5.66. The highest BCUT2D eigenvalue weighted by Gasteiger charge is 2.22. The van der Waals surface area contributed by atoms with Crippen LogP contribution in [-0.2, 0) is 14.8 Å². The molecule has 0 heterocycles. The lowest BCUT2D eigenvalue weighted by atomic mass is 10.0. The van der Waals surface area contributed by atoms with Gasteiger partial charge >= 0.3 is 0 Å². The molecule has 0 radical (unpaired) electrons. The van der Waals surface area contributed by atoms with Crippen molar-refractivity contribution < 1.29 is 13.2 Å². The van der Waals surface area contributed by atoms with Crippen LogP contribution in [0.25, 0.3) is 0 Å². The van der Waals surface area contributed by atoms with Crippen molar-refractivity contribution in [3.63, 3.8) is 0 Å². The van der Waals surface area contributed by atoms with E-state index in [1.165, 1.54) is 11.8 Å². The van der Waals surface area contributed by atoms with Crippen LogP contribution < -0.4 is 9.62 Å². The average molecular weight is 407 g/mol. The van der Waals surface area contributed by atoms with Crippen molar-refractivity contribution >= 4 is 33.4 Å². The molecule has 2 aromatic rings. The van der Waals surface area contributed by atoms with E-state index in [-0.39, 0.29) is 18.5 Å². The van der Waals surface area contributed by atoms with Gasteiger partial charge < -0.3 is 5.32 Å². The maximum absolute atomic E-state index is 12.6. The lowest BCUT2D eigenvalue weighted by Gasteiger charge is -2.24. The number of aryl methyl sites for hydroxylation is 2. The molecule has 1 amide bonds. The maximum Gasteiger partial charge on any atom is 0.241 e. The molecular formula is C20H26N2O3S2. The van der Waals surface area contributed by atoms with Gasteiger partial charge in [0.25, 0.3) is 0 Å². The van der Waals surface area contributed by atoms with Crippen LogP contribution in [0.1, 0.15) is 29.7 Å². The minimum absolute atomic E-state index is 0.211. The number of thioether (sulfide) groups is 1. The third-order valence-corrected chi connectivity index (χ3v) is 6.16. The second kappa shape index (κ2) is 8.80. The number of nitrogens with one attached hydrogen (secondary N) is 1. The number of sulfonamides is 1. The standard InChI is InChI=1S/C20H26N2O3S2/c1-14-9-10-19(15(2)11-14)16(3)21-20(23)13-22(27(5,24)25)17-7-6-8-18(12-17)26-4/h6-12,16H,13H2,1-5H3,(H,21,23)/t16-/m0/s1. The highest BCUT2D eigenvalue weighted by Crippen LogP contribution is 2.24. The molecule has 0 aliphatic heterocycles. The normalized spacial score (nSPS) is 12.5. The molecule has 0 unspecified atom stereocenters. The van der Waals surface area contributed by atoms with Gasteiger partial charge in [-0.15, -0.1) is 11.8 Å². The van der Waals surface area contributed by atoms with E-state index in [4.69, 9.17) is 0 Å². The van der Waals surface area contributed by atoms with Crippen molar-refractivity contribution in [1.82, 2.24) is 5.32 Å². The molecule has 0 bridgehead atoms. The van der Waals surface area contributed by atoms with Crippen molar-refractivity contribution in [2.24, 2.45) is 0 Å². The van der Waals surface area contributed by atoms with Crippen LogP contribution >= 0.6 is 11.8 Å². The van der Waals surface area contributed by atoms with E-state index in [0.29, 0.717) is 5.69 Å². The Morgan fingerprint density at radius 3 is 2.48 bits per heavy atom. The number of carbonyl (C=O) groups excluding carboxylic acids is 1. The highest BCUT2D eigenvalue weighted by atomic mass is 32.2. The van der Waals surface area contributed by atoms with Gasteiger partial charge in [-0.3, -0.25) is 9.10 Å². The summed E-state index contributed by atoms with van der Waals surface area (Å²) >= 11 is 1.52. The summed E-state index contributed by atoms with van der Waals surface area (Å²) in [6, 6.07) is 13.0. The van der Waals surface area contributed by atoms with Gasteiger partial charge in [0, 0.05) is 4.90 Å². The first-order valence-corrected chi connectivity index (χ1v) is 11.7. The van der Waals surface area contributed by atoms with Crippen molar-refractivity contribution in [3.05, 3.63) is 59.2 Å². The van der Waals surface area contributed by atoms with Crippen molar-refractivity contribution in [2.75, 3.05) is 23.4 Å². The predicted molar refractivity (Wildman–Crippen MR) is 113 cm³/mol. The Bertz CT molecular complexity index is 927. The second-order valence-electron chi connectivity index (χ2n) is 6.62. The third kappa shape index (κ3) is 5.74. The van der Waals surface area contributed by atoms with Crippen molar-refractivity contribution in [2.45, 2.75) is 31.7 Å². The molecule has 0 aromatic heterocycles. The molecule has 0 aliphatic carbocycles. The molecular weight excluding hydrogens is 380 g/mol. The molecule has 1 atom stereocenters. The Hall–Kier alpha value is -1.99. The van der Waals surface area contributed by atoms with Crippen LogP contribution in [0.2, 0.25) is 0 Å². The maximum atomic E-state index is 12.6. The Kier molecular flexibility index (Phi) is 6.95. The minimum Gasteiger partial charge on any atom is -0.348 e. The first-order valence-electron chi connectivity index (χ1n) is 8.60. The Morgan fingerprint density at radius 2 is 1.89 bits per heavy atom. The van der Waals surface area contributed by atoms with Gasteiger partial charge in [0.2, 0.25) is 15.9 Å². The molecule has 0 aliphatic rings. The summed E-state index contributed by atoms with van der Waals surface area (Å²) in [6.07, 6.45) is 3.03. The monoisotopic (exact) mass is 406 g/mol. The molecule has 146 valence electrons. The molecule has 5 nitrogen and oxygen atoms in total. The summed E-state index contributed by atoms with van der Waals surface area (Å²) in [5, 5.41) is 2.91. The van der Waals surface area contributed by atoms with E-state index < -0.39 is 10.0 Å². The van der Waals surface area contributed by atoms with Gasteiger partial charge in [0.15, 0.2) is 0 Å². The second-order valence-corrected chi connectivity index (χ2v) is 9.41. The van der Waals surface area contributed by atoms with E-state index in [0.717, 1.165) is 32.1 Å². The summed E-state index contributed by atoms with van der Waals surface area (Å²) in [5.74, 6) is -0.345. The molecule has 1 N–H and O–H groups in total. The summed E-state index contributed by atoms with van der Waals surface area (Å²) in [4.78, 5) is 13.5. The zero-order chi connectivity index (χ0) is 20.2. The zero-order valence-corrected chi connectivity index (χ0v) is 17.9. The number of hydrogen-bond donors (Lipinski definition) is 1. The van der Waals surface area contributed by atoms with Gasteiger partial charge in [-0.05, 0) is 56.4 Å². The van der Waals surface area contributed by atoms with Gasteiger partial charge in [0.1, 0.15) is 6.54 Å². The third-order valence-electron chi connectivity index (χ3n) is 4.30. The van der Waals surface area contributed by atoms with E-state index in [1.54, 1.807) is 18.2 Å². The number of rotatable bonds is 7. The molecule has 0 spiro atoms. The fourth-order valence-electron chi connectivity index (χ4n) is 2.97. The van der Waals surface area contributed by atoms with Gasteiger partial charge in [-0.2, -0.15) is 0 Å².